The highest BCUT2D eigenvalue weighted by molar-refractivity contribution is 5.64. The number of nitrogens with one attached hydrogen (secondary N) is 1. The fourth-order valence-corrected chi connectivity index (χ4v) is 3.05. The van der Waals surface area contributed by atoms with E-state index in [1.807, 2.05) is 26.0 Å². The summed E-state index contributed by atoms with van der Waals surface area (Å²) < 4.78 is 6.28. The number of rotatable bonds is 8. The van der Waals surface area contributed by atoms with Crippen molar-refractivity contribution in [2.24, 2.45) is 0 Å². The van der Waals surface area contributed by atoms with Gasteiger partial charge in [0, 0.05) is 22.9 Å². The number of anilines is 1. The molecule has 0 atom stereocenters. The molecule has 2 aromatic rings. The standard InChI is InChI=1S/C23H30N2O/c1-8-18-13-15(5)12-16(6)22(18)26-23-17(7)21(14-20(11-4)25-23)24-19(9-2)10-3/h8,11-14,19H,1,4,9-10H2,2-3,5-7H3,(H,24,25). The molecule has 0 spiro atoms. The van der Waals surface area contributed by atoms with Crippen LogP contribution in [0.1, 0.15) is 54.6 Å². The van der Waals surface area contributed by atoms with Gasteiger partial charge in [-0.05, 0) is 57.4 Å². The zero-order valence-corrected chi connectivity index (χ0v) is 16.6. The molecule has 0 amide bonds. The van der Waals surface area contributed by atoms with Crippen molar-refractivity contribution in [3.8, 4) is 11.6 Å². The third-order valence-electron chi connectivity index (χ3n) is 4.67. The van der Waals surface area contributed by atoms with Gasteiger partial charge >= 0.3 is 0 Å². The SMILES string of the molecule is C=Cc1cc(NC(CC)CC)c(C)c(Oc2c(C)cc(C)cc2C=C)n1. The van der Waals surface area contributed by atoms with Crippen LogP contribution < -0.4 is 10.1 Å². The maximum Gasteiger partial charge on any atom is 0.224 e. The largest absolute Gasteiger partial charge is 0.438 e. The molecular formula is C23H30N2O. The average molecular weight is 351 g/mol. The van der Waals surface area contributed by atoms with Crippen LogP contribution in [0.4, 0.5) is 5.69 Å². The smallest absolute Gasteiger partial charge is 0.224 e. The van der Waals surface area contributed by atoms with Crippen LogP contribution in [0.25, 0.3) is 12.2 Å². The van der Waals surface area contributed by atoms with Gasteiger partial charge in [0.1, 0.15) is 5.75 Å². The van der Waals surface area contributed by atoms with E-state index in [4.69, 9.17) is 4.74 Å². The van der Waals surface area contributed by atoms with Gasteiger partial charge in [-0.15, -0.1) is 0 Å². The normalized spacial score (nSPS) is 10.7. The van der Waals surface area contributed by atoms with E-state index < -0.39 is 0 Å². The van der Waals surface area contributed by atoms with Gasteiger partial charge in [0.2, 0.25) is 5.88 Å². The second-order valence-electron chi connectivity index (χ2n) is 6.69. The second-order valence-corrected chi connectivity index (χ2v) is 6.69. The van der Waals surface area contributed by atoms with Crippen molar-refractivity contribution in [2.45, 2.75) is 53.5 Å². The lowest BCUT2D eigenvalue weighted by Gasteiger charge is -2.21. The minimum Gasteiger partial charge on any atom is -0.438 e. The van der Waals surface area contributed by atoms with Crippen LogP contribution in [-0.2, 0) is 0 Å². The first-order chi connectivity index (χ1) is 12.4. The van der Waals surface area contributed by atoms with Crippen LogP contribution in [0.2, 0.25) is 0 Å². The van der Waals surface area contributed by atoms with Gasteiger partial charge in [0.25, 0.3) is 0 Å². The van der Waals surface area contributed by atoms with Crippen molar-refractivity contribution in [3.05, 3.63) is 59.3 Å². The monoisotopic (exact) mass is 350 g/mol. The number of hydrogen-bond donors (Lipinski definition) is 1. The average Bonchev–Trinajstić information content (AvgIpc) is 2.63. The molecule has 1 heterocycles. The lowest BCUT2D eigenvalue weighted by Crippen LogP contribution is -2.18. The molecule has 0 fully saturated rings. The number of benzene rings is 1. The van der Waals surface area contributed by atoms with Gasteiger partial charge in [-0.1, -0.05) is 44.7 Å². The topological polar surface area (TPSA) is 34.1 Å². The summed E-state index contributed by atoms with van der Waals surface area (Å²) in [4.78, 5) is 4.63. The summed E-state index contributed by atoms with van der Waals surface area (Å²) in [5.41, 5.74) is 6.07. The number of aromatic nitrogens is 1. The number of ether oxygens (including phenoxy) is 1. The Morgan fingerprint density at radius 2 is 1.77 bits per heavy atom. The first-order valence-electron chi connectivity index (χ1n) is 9.25. The zero-order valence-electron chi connectivity index (χ0n) is 16.6. The van der Waals surface area contributed by atoms with E-state index >= 15 is 0 Å². The lowest BCUT2D eigenvalue weighted by atomic mass is 10.1. The first-order valence-corrected chi connectivity index (χ1v) is 9.25. The molecule has 0 unspecified atom stereocenters. The van der Waals surface area contributed by atoms with E-state index in [2.05, 4.69) is 56.4 Å². The third-order valence-corrected chi connectivity index (χ3v) is 4.67. The Labute approximate surface area is 157 Å². The van der Waals surface area contributed by atoms with Crippen LogP contribution in [0.5, 0.6) is 11.6 Å². The predicted molar refractivity (Wildman–Crippen MR) is 113 cm³/mol. The molecule has 1 aromatic heterocycles. The van der Waals surface area contributed by atoms with Crippen molar-refractivity contribution >= 4 is 17.8 Å². The van der Waals surface area contributed by atoms with Gasteiger partial charge in [-0.2, -0.15) is 0 Å². The Balaban J connectivity index is 2.50. The molecule has 138 valence electrons. The van der Waals surface area contributed by atoms with E-state index in [-0.39, 0.29) is 0 Å². The van der Waals surface area contributed by atoms with Crippen LogP contribution in [0, 0.1) is 20.8 Å². The lowest BCUT2D eigenvalue weighted by molar-refractivity contribution is 0.454. The molecule has 0 bridgehead atoms. The molecule has 0 saturated carbocycles. The third kappa shape index (κ3) is 4.34. The zero-order chi connectivity index (χ0) is 19.3. The van der Waals surface area contributed by atoms with E-state index in [9.17, 15) is 0 Å². The molecule has 1 N–H and O–H groups in total. The molecule has 2 rings (SSSR count). The highest BCUT2D eigenvalue weighted by Crippen LogP contribution is 2.34. The molecule has 0 aliphatic heterocycles. The Morgan fingerprint density at radius 1 is 1.08 bits per heavy atom. The second kappa shape index (κ2) is 8.70. The molecule has 0 saturated heterocycles. The Hall–Kier alpha value is -2.55. The van der Waals surface area contributed by atoms with Crippen LogP contribution in [0.3, 0.4) is 0 Å². The minimum atomic E-state index is 0.423. The Morgan fingerprint density at radius 3 is 2.35 bits per heavy atom. The molecule has 0 aliphatic rings. The molecule has 26 heavy (non-hydrogen) atoms. The number of nitrogens with zero attached hydrogens (tertiary/aromatic N) is 1. The first kappa shape index (κ1) is 19.8. The summed E-state index contributed by atoms with van der Waals surface area (Å²) in [6.45, 7) is 18.3. The Kier molecular flexibility index (Phi) is 6.62. The minimum absolute atomic E-state index is 0.423. The maximum atomic E-state index is 6.28. The van der Waals surface area contributed by atoms with Crippen LogP contribution >= 0.6 is 0 Å². The highest BCUT2D eigenvalue weighted by atomic mass is 16.5. The van der Waals surface area contributed by atoms with Crippen LogP contribution in [-0.4, -0.2) is 11.0 Å². The maximum absolute atomic E-state index is 6.28. The summed E-state index contributed by atoms with van der Waals surface area (Å²) in [6, 6.07) is 6.64. The highest BCUT2D eigenvalue weighted by Gasteiger charge is 2.15. The van der Waals surface area contributed by atoms with Gasteiger partial charge in [-0.25, -0.2) is 4.98 Å². The summed E-state index contributed by atoms with van der Waals surface area (Å²) in [7, 11) is 0. The van der Waals surface area contributed by atoms with Crippen molar-refractivity contribution in [3.63, 3.8) is 0 Å². The van der Waals surface area contributed by atoms with E-state index in [1.54, 1.807) is 6.08 Å². The molecular weight excluding hydrogens is 320 g/mol. The number of pyridine rings is 1. The molecule has 0 radical (unpaired) electrons. The van der Waals surface area contributed by atoms with Crippen molar-refractivity contribution < 1.29 is 4.74 Å². The number of hydrogen-bond acceptors (Lipinski definition) is 3. The van der Waals surface area contributed by atoms with Crippen molar-refractivity contribution in [1.82, 2.24) is 4.98 Å². The summed E-state index contributed by atoms with van der Waals surface area (Å²) in [6.07, 6.45) is 5.71. The van der Waals surface area contributed by atoms with E-state index in [0.717, 1.165) is 46.7 Å². The predicted octanol–water partition coefficient (Wildman–Crippen LogP) is 6.69. The van der Waals surface area contributed by atoms with E-state index in [1.165, 1.54) is 5.56 Å². The summed E-state index contributed by atoms with van der Waals surface area (Å²) >= 11 is 0. The van der Waals surface area contributed by atoms with Crippen LogP contribution in [0.15, 0.2) is 31.4 Å². The van der Waals surface area contributed by atoms with Gasteiger partial charge in [0.05, 0.1) is 5.69 Å². The van der Waals surface area contributed by atoms with Gasteiger partial charge < -0.3 is 10.1 Å². The molecule has 3 nitrogen and oxygen atoms in total. The number of aryl methyl sites for hydroxylation is 2. The Bertz CT molecular complexity index is 804. The van der Waals surface area contributed by atoms with Gasteiger partial charge in [-0.3, -0.25) is 0 Å². The van der Waals surface area contributed by atoms with Crippen molar-refractivity contribution in [1.29, 1.82) is 0 Å². The molecule has 0 aliphatic carbocycles. The summed E-state index contributed by atoms with van der Waals surface area (Å²) in [5, 5.41) is 3.61. The van der Waals surface area contributed by atoms with E-state index in [0.29, 0.717) is 11.9 Å². The molecule has 1 aromatic carbocycles. The van der Waals surface area contributed by atoms with Gasteiger partial charge in [0.15, 0.2) is 0 Å². The molecule has 3 heteroatoms. The fourth-order valence-electron chi connectivity index (χ4n) is 3.05. The van der Waals surface area contributed by atoms with Crippen molar-refractivity contribution in [2.75, 3.05) is 5.32 Å². The quantitative estimate of drug-likeness (QED) is 0.576. The summed E-state index contributed by atoms with van der Waals surface area (Å²) in [5.74, 6) is 1.40. The fraction of sp³-hybridized carbons (Fsp3) is 0.348.